The van der Waals surface area contributed by atoms with E-state index in [1.165, 1.54) is 36.5 Å². The minimum atomic E-state index is 0.646. The molecule has 0 atom stereocenters. The Morgan fingerprint density at radius 3 is 1.55 bits per heavy atom. The molecule has 0 amide bonds. The first-order valence-electron chi connectivity index (χ1n) is 15.7. The van der Waals surface area contributed by atoms with Crippen LogP contribution >= 0.6 is 11.3 Å². The Labute approximate surface area is 276 Å². The maximum Gasteiger partial charge on any atom is 0.164 e. The molecule has 47 heavy (non-hydrogen) atoms. The van der Waals surface area contributed by atoms with Crippen molar-refractivity contribution in [3.63, 3.8) is 0 Å². The van der Waals surface area contributed by atoms with Crippen LogP contribution in [0.2, 0.25) is 0 Å². The molecule has 0 unspecified atom stereocenters. The Kier molecular flexibility index (Phi) is 6.65. The van der Waals surface area contributed by atoms with E-state index in [2.05, 4.69) is 127 Å². The van der Waals surface area contributed by atoms with Crippen LogP contribution in [0, 0.1) is 0 Å². The molecule has 0 aliphatic carbocycles. The monoisotopic (exact) mass is 617 g/mol. The third-order valence-electron chi connectivity index (χ3n) is 8.73. The fraction of sp³-hybridized carbons (Fsp3) is 0. The third-order valence-corrected chi connectivity index (χ3v) is 9.95. The molecule has 0 N–H and O–H groups in total. The third kappa shape index (κ3) is 4.96. The summed E-state index contributed by atoms with van der Waals surface area (Å²) in [6.07, 6.45) is 0. The second-order valence-corrected chi connectivity index (χ2v) is 12.7. The Morgan fingerprint density at radius 2 is 0.809 bits per heavy atom. The molecule has 220 valence electrons. The number of nitrogens with zero attached hydrogens (tertiary/aromatic N) is 3. The lowest BCUT2D eigenvalue weighted by atomic mass is 9.95. The van der Waals surface area contributed by atoms with Crippen LogP contribution in [0.15, 0.2) is 164 Å². The van der Waals surface area contributed by atoms with Crippen molar-refractivity contribution in [2.75, 3.05) is 0 Å². The highest BCUT2D eigenvalue weighted by Gasteiger charge is 2.15. The van der Waals surface area contributed by atoms with Crippen molar-refractivity contribution in [3.05, 3.63) is 164 Å². The number of rotatable bonds is 5. The van der Waals surface area contributed by atoms with Gasteiger partial charge in [0, 0.05) is 42.2 Å². The largest absolute Gasteiger partial charge is 0.208 e. The van der Waals surface area contributed by atoms with E-state index in [1.54, 1.807) is 0 Å². The quantitative estimate of drug-likeness (QED) is 0.193. The number of benzene rings is 7. The average molecular weight is 618 g/mol. The SMILES string of the molecule is c1ccc(-c2cccc(-c3nc(-c4ccccc4)nc(-c4cccc(-c5cccc6c5ccc5c7ccccc7sc65)c4)n3)c2)cc1. The van der Waals surface area contributed by atoms with Gasteiger partial charge >= 0.3 is 0 Å². The summed E-state index contributed by atoms with van der Waals surface area (Å²) in [5.41, 5.74) is 7.45. The minimum absolute atomic E-state index is 0.646. The smallest absolute Gasteiger partial charge is 0.164 e. The number of hydrogen-bond acceptors (Lipinski definition) is 4. The lowest BCUT2D eigenvalue weighted by Gasteiger charge is -2.12. The molecule has 0 aliphatic rings. The Bertz CT molecular complexity index is 2570. The molecule has 2 aromatic heterocycles. The molecular formula is C43H27N3S. The summed E-state index contributed by atoms with van der Waals surface area (Å²) in [6.45, 7) is 0. The number of thiophene rings is 1. The zero-order valence-corrected chi connectivity index (χ0v) is 26.2. The first kappa shape index (κ1) is 27.3. The van der Waals surface area contributed by atoms with Gasteiger partial charge in [-0.15, -0.1) is 11.3 Å². The van der Waals surface area contributed by atoms with Gasteiger partial charge in [-0.1, -0.05) is 146 Å². The van der Waals surface area contributed by atoms with Crippen molar-refractivity contribution < 1.29 is 0 Å². The van der Waals surface area contributed by atoms with Crippen molar-refractivity contribution in [3.8, 4) is 56.4 Å². The Balaban J connectivity index is 1.19. The molecular weight excluding hydrogens is 591 g/mol. The molecule has 0 bridgehead atoms. The van der Waals surface area contributed by atoms with Crippen LogP contribution in [0.4, 0.5) is 0 Å². The maximum absolute atomic E-state index is 5.08. The standard InChI is InChI=1S/C43H27N3S/c1-3-12-28(13-4-1)30-16-9-18-32(26-30)42-44-41(29-14-5-2-6-15-29)45-43(46-42)33-19-10-17-31(27-33)34-21-11-22-37-35(34)24-25-38-36-20-7-8-23-39(36)47-40(37)38/h1-27H. The number of hydrogen-bond donors (Lipinski definition) is 0. The van der Waals surface area contributed by atoms with Crippen LogP contribution in [-0.2, 0) is 0 Å². The summed E-state index contributed by atoms with van der Waals surface area (Å²) >= 11 is 1.87. The predicted octanol–water partition coefficient (Wildman–Crippen LogP) is 11.7. The molecule has 0 fully saturated rings. The summed E-state index contributed by atoms with van der Waals surface area (Å²) in [5, 5.41) is 5.14. The van der Waals surface area contributed by atoms with Crippen molar-refractivity contribution in [2.24, 2.45) is 0 Å². The summed E-state index contributed by atoms with van der Waals surface area (Å²) in [7, 11) is 0. The van der Waals surface area contributed by atoms with E-state index in [-0.39, 0.29) is 0 Å². The van der Waals surface area contributed by atoms with E-state index in [9.17, 15) is 0 Å². The van der Waals surface area contributed by atoms with Gasteiger partial charge in [-0.25, -0.2) is 15.0 Å². The molecule has 0 radical (unpaired) electrons. The van der Waals surface area contributed by atoms with Gasteiger partial charge in [0.15, 0.2) is 17.5 Å². The Hall–Kier alpha value is -5.97. The van der Waals surface area contributed by atoms with E-state index < -0.39 is 0 Å². The van der Waals surface area contributed by atoms with E-state index >= 15 is 0 Å². The van der Waals surface area contributed by atoms with Crippen molar-refractivity contribution in [2.45, 2.75) is 0 Å². The lowest BCUT2D eigenvalue weighted by molar-refractivity contribution is 1.07. The van der Waals surface area contributed by atoms with Crippen molar-refractivity contribution >= 4 is 42.3 Å². The van der Waals surface area contributed by atoms with E-state index in [0.29, 0.717) is 17.5 Å². The summed E-state index contributed by atoms with van der Waals surface area (Å²) in [5.74, 6) is 1.95. The van der Waals surface area contributed by atoms with Crippen molar-refractivity contribution in [1.29, 1.82) is 0 Å². The van der Waals surface area contributed by atoms with Crippen LogP contribution in [0.1, 0.15) is 0 Å². The molecule has 7 aromatic carbocycles. The predicted molar refractivity (Wildman–Crippen MR) is 197 cm³/mol. The second kappa shape index (κ2) is 11.4. The van der Waals surface area contributed by atoms with E-state index in [1.807, 2.05) is 47.7 Å². The van der Waals surface area contributed by atoms with E-state index in [4.69, 9.17) is 15.0 Å². The highest BCUT2D eigenvalue weighted by atomic mass is 32.1. The molecule has 0 aliphatic heterocycles. The summed E-state index contributed by atoms with van der Waals surface area (Å²) in [4.78, 5) is 15.1. The van der Waals surface area contributed by atoms with Crippen LogP contribution in [0.5, 0.6) is 0 Å². The molecule has 2 heterocycles. The molecule has 0 spiro atoms. The number of fused-ring (bicyclic) bond motifs is 5. The van der Waals surface area contributed by atoms with Gasteiger partial charge < -0.3 is 0 Å². The zero-order chi connectivity index (χ0) is 31.2. The first-order valence-corrected chi connectivity index (χ1v) is 16.5. The fourth-order valence-electron chi connectivity index (χ4n) is 6.44. The second-order valence-electron chi connectivity index (χ2n) is 11.6. The van der Waals surface area contributed by atoms with Gasteiger partial charge in [0.25, 0.3) is 0 Å². The number of aromatic nitrogens is 3. The molecule has 3 nitrogen and oxygen atoms in total. The van der Waals surface area contributed by atoms with Crippen molar-refractivity contribution in [1.82, 2.24) is 15.0 Å². The minimum Gasteiger partial charge on any atom is -0.208 e. The Morgan fingerprint density at radius 1 is 0.319 bits per heavy atom. The van der Waals surface area contributed by atoms with Gasteiger partial charge in [0.05, 0.1) is 0 Å². The fourth-order valence-corrected chi connectivity index (χ4v) is 7.67. The molecule has 0 saturated heterocycles. The maximum atomic E-state index is 5.08. The normalized spacial score (nSPS) is 11.4. The molecule has 4 heteroatoms. The van der Waals surface area contributed by atoms with Gasteiger partial charge in [0.1, 0.15) is 0 Å². The topological polar surface area (TPSA) is 38.7 Å². The van der Waals surface area contributed by atoms with E-state index in [0.717, 1.165) is 33.4 Å². The lowest BCUT2D eigenvalue weighted by Crippen LogP contribution is -2.00. The van der Waals surface area contributed by atoms with Gasteiger partial charge in [-0.2, -0.15) is 0 Å². The highest BCUT2D eigenvalue weighted by Crippen LogP contribution is 2.41. The molecule has 0 saturated carbocycles. The first-order chi connectivity index (χ1) is 23.3. The summed E-state index contributed by atoms with van der Waals surface area (Å²) in [6, 6.07) is 57.4. The zero-order valence-electron chi connectivity index (χ0n) is 25.3. The van der Waals surface area contributed by atoms with Gasteiger partial charge in [0.2, 0.25) is 0 Å². The summed E-state index contributed by atoms with van der Waals surface area (Å²) < 4.78 is 2.64. The average Bonchev–Trinajstić information content (AvgIpc) is 3.55. The highest BCUT2D eigenvalue weighted by molar-refractivity contribution is 7.26. The van der Waals surface area contributed by atoms with Crippen LogP contribution in [0.3, 0.4) is 0 Å². The van der Waals surface area contributed by atoms with Crippen LogP contribution in [-0.4, -0.2) is 15.0 Å². The van der Waals surface area contributed by atoms with Gasteiger partial charge in [-0.3, -0.25) is 0 Å². The van der Waals surface area contributed by atoms with Crippen LogP contribution < -0.4 is 0 Å². The molecule has 9 aromatic rings. The van der Waals surface area contributed by atoms with Crippen LogP contribution in [0.25, 0.3) is 87.4 Å². The van der Waals surface area contributed by atoms with Gasteiger partial charge in [-0.05, 0) is 45.8 Å². The molecule has 9 rings (SSSR count).